The number of amides is 2. The van der Waals surface area contributed by atoms with E-state index in [1.807, 2.05) is 6.07 Å². The molecule has 2 amide bonds. The SMILES string of the molecule is C[C@H](NC(=O)[C@H]1C[C@H](Oc2ccc(F)cc2)CN1)C(=O)N[C@@H]1CCc2nc(N)ccc21. The maximum Gasteiger partial charge on any atom is 0.242 e. The summed E-state index contributed by atoms with van der Waals surface area (Å²) in [5, 5.41) is 8.86. The van der Waals surface area contributed by atoms with Crippen LogP contribution in [0.5, 0.6) is 5.75 Å². The van der Waals surface area contributed by atoms with E-state index in [1.165, 1.54) is 12.1 Å². The standard InChI is InChI=1S/C22H26FN5O3/c1-12(21(29)28-18-8-7-17-16(18)6-9-20(24)27-17)26-22(30)19-10-15(11-25-19)31-14-4-2-13(23)3-5-14/h2-6,9,12,15,18-19,25H,7-8,10-11H2,1H3,(H2,24,27)(H,26,30)(H,28,29)/t12-,15-,18+,19+/m0/s1. The monoisotopic (exact) mass is 427 g/mol. The number of hydrogen-bond donors (Lipinski definition) is 4. The number of nitrogens with two attached hydrogens (primary N) is 1. The van der Waals surface area contributed by atoms with Crippen LogP contribution in [0.15, 0.2) is 36.4 Å². The van der Waals surface area contributed by atoms with Crippen molar-refractivity contribution in [3.05, 3.63) is 53.5 Å². The van der Waals surface area contributed by atoms with E-state index >= 15 is 0 Å². The van der Waals surface area contributed by atoms with Gasteiger partial charge >= 0.3 is 0 Å². The van der Waals surface area contributed by atoms with E-state index in [2.05, 4.69) is 20.9 Å². The second-order valence-corrected chi connectivity index (χ2v) is 7.99. The number of carbonyl (C=O) groups excluding carboxylic acids is 2. The molecular formula is C22H26FN5O3. The summed E-state index contributed by atoms with van der Waals surface area (Å²) >= 11 is 0. The second-order valence-electron chi connectivity index (χ2n) is 7.99. The summed E-state index contributed by atoms with van der Waals surface area (Å²) in [4.78, 5) is 29.5. The minimum absolute atomic E-state index is 0.131. The van der Waals surface area contributed by atoms with Gasteiger partial charge in [0.15, 0.2) is 0 Å². The van der Waals surface area contributed by atoms with Crippen LogP contribution >= 0.6 is 0 Å². The van der Waals surface area contributed by atoms with Crippen molar-refractivity contribution in [2.45, 2.75) is 50.4 Å². The fraction of sp³-hybridized carbons (Fsp3) is 0.409. The molecule has 9 heteroatoms. The Hall–Kier alpha value is -3.20. The van der Waals surface area contributed by atoms with Gasteiger partial charge in [-0.1, -0.05) is 6.07 Å². The lowest BCUT2D eigenvalue weighted by Gasteiger charge is -2.20. The molecule has 0 bridgehead atoms. The Morgan fingerprint density at radius 2 is 2.03 bits per heavy atom. The molecule has 5 N–H and O–H groups in total. The second kappa shape index (κ2) is 8.89. The summed E-state index contributed by atoms with van der Waals surface area (Å²) in [6.45, 7) is 2.15. The number of hydrogen-bond acceptors (Lipinski definition) is 6. The minimum Gasteiger partial charge on any atom is -0.489 e. The summed E-state index contributed by atoms with van der Waals surface area (Å²) in [5.74, 6) is 0.185. The predicted molar refractivity (Wildman–Crippen MR) is 113 cm³/mol. The first-order valence-electron chi connectivity index (χ1n) is 10.4. The number of carbonyl (C=O) groups is 2. The van der Waals surface area contributed by atoms with E-state index in [0.29, 0.717) is 24.5 Å². The number of ether oxygens (including phenoxy) is 1. The Morgan fingerprint density at radius 1 is 1.26 bits per heavy atom. The molecule has 0 radical (unpaired) electrons. The Kier molecular flexibility index (Phi) is 6.03. The molecule has 31 heavy (non-hydrogen) atoms. The van der Waals surface area contributed by atoms with Crippen molar-refractivity contribution >= 4 is 17.6 Å². The molecule has 4 rings (SSSR count). The Labute approximate surface area is 179 Å². The maximum atomic E-state index is 13.0. The molecule has 8 nitrogen and oxygen atoms in total. The lowest BCUT2D eigenvalue weighted by Crippen LogP contribution is -2.50. The highest BCUT2D eigenvalue weighted by Crippen LogP contribution is 2.30. The molecule has 1 fully saturated rings. The zero-order valence-corrected chi connectivity index (χ0v) is 17.2. The fourth-order valence-electron chi connectivity index (χ4n) is 4.01. The van der Waals surface area contributed by atoms with E-state index in [4.69, 9.17) is 10.5 Å². The van der Waals surface area contributed by atoms with Crippen LogP contribution in [0.3, 0.4) is 0 Å². The lowest BCUT2D eigenvalue weighted by molar-refractivity contribution is -0.129. The smallest absolute Gasteiger partial charge is 0.242 e. The van der Waals surface area contributed by atoms with E-state index < -0.39 is 12.1 Å². The number of nitrogen functional groups attached to an aromatic ring is 1. The van der Waals surface area contributed by atoms with Crippen molar-refractivity contribution < 1.29 is 18.7 Å². The molecule has 0 unspecified atom stereocenters. The van der Waals surface area contributed by atoms with Gasteiger partial charge in [-0.15, -0.1) is 0 Å². The van der Waals surface area contributed by atoms with Gasteiger partial charge in [0.2, 0.25) is 11.8 Å². The highest BCUT2D eigenvalue weighted by molar-refractivity contribution is 5.89. The van der Waals surface area contributed by atoms with Gasteiger partial charge < -0.3 is 26.4 Å². The number of halogens is 1. The first-order chi connectivity index (χ1) is 14.9. The number of nitrogens with one attached hydrogen (secondary N) is 3. The Morgan fingerprint density at radius 3 is 2.81 bits per heavy atom. The van der Waals surface area contributed by atoms with Crippen LogP contribution in [0.1, 0.15) is 37.1 Å². The molecule has 164 valence electrons. The maximum absolute atomic E-state index is 13.0. The minimum atomic E-state index is -0.683. The van der Waals surface area contributed by atoms with E-state index in [0.717, 1.165) is 24.1 Å². The molecule has 1 aromatic heterocycles. The molecule has 4 atom stereocenters. The van der Waals surface area contributed by atoms with Crippen molar-refractivity contribution in [3.63, 3.8) is 0 Å². The summed E-state index contributed by atoms with van der Waals surface area (Å²) in [5.41, 5.74) is 7.60. The number of anilines is 1. The van der Waals surface area contributed by atoms with E-state index in [9.17, 15) is 14.0 Å². The predicted octanol–water partition coefficient (Wildman–Crippen LogP) is 1.22. The van der Waals surface area contributed by atoms with E-state index in [-0.39, 0.29) is 29.8 Å². The molecule has 2 aromatic rings. The molecular weight excluding hydrogens is 401 g/mol. The number of benzene rings is 1. The summed E-state index contributed by atoms with van der Waals surface area (Å²) in [6.07, 6.45) is 1.76. The molecule has 1 aliphatic heterocycles. The number of aryl methyl sites for hydroxylation is 1. The van der Waals surface area contributed by atoms with Gasteiger partial charge in [0.25, 0.3) is 0 Å². The first-order valence-corrected chi connectivity index (χ1v) is 10.4. The van der Waals surface area contributed by atoms with Crippen LogP contribution in [0.25, 0.3) is 0 Å². The highest BCUT2D eigenvalue weighted by atomic mass is 19.1. The third kappa shape index (κ3) is 4.93. The average Bonchev–Trinajstić information content (AvgIpc) is 3.36. The van der Waals surface area contributed by atoms with Crippen molar-refractivity contribution in [2.75, 3.05) is 12.3 Å². The van der Waals surface area contributed by atoms with Gasteiger partial charge in [0, 0.05) is 18.7 Å². The number of rotatable bonds is 6. The number of fused-ring (bicyclic) bond motifs is 1. The van der Waals surface area contributed by atoms with E-state index in [1.54, 1.807) is 25.1 Å². The van der Waals surface area contributed by atoms with Crippen LogP contribution in [0, 0.1) is 5.82 Å². The van der Waals surface area contributed by atoms with Crippen LogP contribution < -0.4 is 26.4 Å². The largest absolute Gasteiger partial charge is 0.489 e. The molecule has 0 saturated carbocycles. The van der Waals surface area contributed by atoms with Gasteiger partial charge in [-0.2, -0.15) is 0 Å². The quantitative estimate of drug-likeness (QED) is 0.551. The van der Waals surface area contributed by atoms with Crippen LogP contribution in [-0.4, -0.2) is 41.5 Å². The fourth-order valence-corrected chi connectivity index (χ4v) is 4.01. The lowest BCUT2D eigenvalue weighted by atomic mass is 10.1. The van der Waals surface area contributed by atoms with Crippen molar-refractivity contribution in [1.82, 2.24) is 20.9 Å². The molecule has 0 spiro atoms. The zero-order valence-electron chi connectivity index (χ0n) is 17.2. The normalized spacial score (nSPS) is 23.1. The van der Waals surface area contributed by atoms with Crippen molar-refractivity contribution in [3.8, 4) is 5.75 Å². The summed E-state index contributed by atoms with van der Waals surface area (Å²) < 4.78 is 18.8. The van der Waals surface area contributed by atoms with Crippen LogP contribution in [-0.2, 0) is 16.0 Å². The number of aromatic nitrogens is 1. The highest BCUT2D eigenvalue weighted by Gasteiger charge is 2.33. The van der Waals surface area contributed by atoms with Crippen LogP contribution in [0.4, 0.5) is 10.2 Å². The van der Waals surface area contributed by atoms with Gasteiger partial charge in [-0.05, 0) is 55.7 Å². The van der Waals surface area contributed by atoms with Crippen LogP contribution in [0.2, 0.25) is 0 Å². The van der Waals surface area contributed by atoms with Gasteiger partial charge in [0.1, 0.15) is 29.5 Å². The number of pyridine rings is 1. The third-order valence-corrected chi connectivity index (χ3v) is 5.67. The molecule has 2 aliphatic rings. The molecule has 2 heterocycles. The zero-order chi connectivity index (χ0) is 22.0. The summed E-state index contributed by atoms with van der Waals surface area (Å²) in [6, 6.07) is 8.12. The topological polar surface area (TPSA) is 118 Å². The van der Waals surface area contributed by atoms with Gasteiger partial charge in [0.05, 0.1) is 12.1 Å². The molecule has 1 saturated heterocycles. The van der Waals surface area contributed by atoms with Gasteiger partial charge in [-0.25, -0.2) is 9.37 Å². The third-order valence-electron chi connectivity index (χ3n) is 5.67. The number of nitrogens with zero attached hydrogens (tertiary/aromatic N) is 1. The van der Waals surface area contributed by atoms with Crippen molar-refractivity contribution in [1.29, 1.82) is 0 Å². The first kappa shape index (κ1) is 21.0. The van der Waals surface area contributed by atoms with Gasteiger partial charge in [-0.3, -0.25) is 9.59 Å². The Bertz CT molecular complexity index is 968. The molecule has 1 aliphatic carbocycles. The average molecular weight is 427 g/mol. The Balaban J connectivity index is 1.26. The van der Waals surface area contributed by atoms with Crippen molar-refractivity contribution in [2.24, 2.45) is 0 Å². The molecule has 1 aromatic carbocycles. The summed E-state index contributed by atoms with van der Waals surface area (Å²) in [7, 11) is 0.